The third-order valence-electron chi connectivity index (χ3n) is 1.15. The summed E-state index contributed by atoms with van der Waals surface area (Å²) in [5.74, 6) is 0. The van der Waals surface area contributed by atoms with E-state index in [-0.39, 0.29) is 0 Å². The van der Waals surface area contributed by atoms with Crippen LogP contribution in [-0.2, 0) is 0 Å². The van der Waals surface area contributed by atoms with Crippen LogP contribution in [0.4, 0.5) is 0 Å². The van der Waals surface area contributed by atoms with Gasteiger partial charge >= 0.3 is 0 Å². The van der Waals surface area contributed by atoms with Gasteiger partial charge in [0.05, 0.1) is 0 Å². The number of hydrogen-bond donors (Lipinski definition) is 0. The van der Waals surface area contributed by atoms with Crippen molar-refractivity contribution in [3.05, 3.63) is 7.05 Å². The lowest BCUT2D eigenvalue weighted by Crippen LogP contribution is -2.38. The summed E-state index contributed by atoms with van der Waals surface area (Å²) in [6.45, 7) is 6.79. The van der Waals surface area contributed by atoms with Gasteiger partial charge < -0.3 is 4.57 Å². The van der Waals surface area contributed by atoms with Gasteiger partial charge in [0.1, 0.15) is 8.24 Å². The van der Waals surface area contributed by atoms with Crippen LogP contribution in [0.3, 0.4) is 0 Å². The zero-order valence-corrected chi connectivity index (χ0v) is 6.65. The molecule has 7 heavy (non-hydrogen) atoms. The molecule has 0 aromatic heterocycles. The fourth-order valence-electron chi connectivity index (χ4n) is 0. The fraction of sp³-hybridized carbons (Fsp3) is 0.800. The first-order valence-electron chi connectivity index (χ1n) is 2.49. The van der Waals surface area contributed by atoms with E-state index in [1.165, 1.54) is 0 Å². The van der Waals surface area contributed by atoms with E-state index >= 15 is 0 Å². The van der Waals surface area contributed by atoms with Gasteiger partial charge in [-0.2, -0.15) is 0 Å². The minimum Gasteiger partial charge on any atom is -0.325 e. The van der Waals surface area contributed by atoms with Gasteiger partial charge in [0.2, 0.25) is 0 Å². The first-order valence-corrected chi connectivity index (χ1v) is 5.93. The van der Waals surface area contributed by atoms with Gasteiger partial charge in [0.25, 0.3) is 0 Å². The normalized spacial score (nSPS) is 12.9. The van der Waals surface area contributed by atoms with E-state index in [4.69, 9.17) is 0 Å². The lowest BCUT2D eigenvalue weighted by molar-refractivity contribution is 0.686. The van der Waals surface area contributed by atoms with Crippen molar-refractivity contribution < 1.29 is 0 Å². The van der Waals surface area contributed by atoms with Crippen molar-refractivity contribution in [3.8, 4) is 0 Å². The molecule has 0 atom stereocenters. The molecule has 0 fully saturated rings. The second-order valence-electron chi connectivity index (χ2n) is 2.87. The van der Waals surface area contributed by atoms with Crippen LogP contribution in [0.15, 0.2) is 0 Å². The molecule has 0 bridgehead atoms. The minimum absolute atomic E-state index is 1.01. The predicted molar refractivity (Wildman–Crippen MR) is 36.5 cm³/mol. The molecule has 0 aliphatic heterocycles. The Hall–Kier alpha value is 0.177. The number of hydrogen-bond acceptors (Lipinski definition) is 1. The van der Waals surface area contributed by atoms with Crippen LogP contribution in [0.25, 0.3) is 0 Å². The molecular formula is C5H14NSi. The minimum atomic E-state index is -1.01. The Morgan fingerprint density at radius 1 is 1.29 bits per heavy atom. The van der Waals surface area contributed by atoms with Crippen LogP contribution in [0.1, 0.15) is 0 Å². The lowest BCUT2D eigenvalue weighted by atomic mass is 11.3. The summed E-state index contributed by atoms with van der Waals surface area (Å²) in [5.41, 5.74) is 0. The van der Waals surface area contributed by atoms with E-state index < -0.39 is 8.24 Å². The molecule has 0 rings (SSSR count). The zero-order chi connectivity index (χ0) is 6.08. The summed E-state index contributed by atoms with van der Waals surface area (Å²) >= 11 is 0. The van der Waals surface area contributed by atoms with Gasteiger partial charge in [-0.25, -0.2) is 0 Å². The lowest BCUT2D eigenvalue weighted by Gasteiger charge is -2.24. The summed E-state index contributed by atoms with van der Waals surface area (Å²) in [6, 6.07) is 0. The quantitative estimate of drug-likeness (QED) is 0.470. The molecule has 1 radical (unpaired) electrons. The highest BCUT2D eigenvalue weighted by atomic mass is 28.3. The van der Waals surface area contributed by atoms with Gasteiger partial charge in [-0.1, -0.05) is 19.6 Å². The molecule has 0 N–H and O–H groups in total. The molecule has 1 nitrogen and oxygen atoms in total. The summed E-state index contributed by atoms with van der Waals surface area (Å²) < 4.78 is 2.08. The van der Waals surface area contributed by atoms with Crippen molar-refractivity contribution >= 4 is 8.24 Å². The van der Waals surface area contributed by atoms with Crippen LogP contribution in [-0.4, -0.2) is 19.8 Å². The maximum Gasteiger partial charge on any atom is 0.118 e. The maximum atomic E-state index is 3.80. The second kappa shape index (κ2) is 1.97. The van der Waals surface area contributed by atoms with Crippen molar-refractivity contribution in [2.24, 2.45) is 0 Å². The Morgan fingerprint density at radius 2 is 1.43 bits per heavy atom. The van der Waals surface area contributed by atoms with Crippen LogP contribution in [0.5, 0.6) is 0 Å². The van der Waals surface area contributed by atoms with Crippen LogP contribution in [0, 0.1) is 7.05 Å². The van der Waals surface area contributed by atoms with Crippen molar-refractivity contribution in [1.82, 2.24) is 4.57 Å². The van der Waals surface area contributed by atoms with Crippen LogP contribution < -0.4 is 0 Å². The molecule has 0 amide bonds. The molecule has 0 spiro atoms. The third-order valence-corrected chi connectivity index (χ3v) is 3.44. The van der Waals surface area contributed by atoms with E-state index in [2.05, 4.69) is 31.3 Å². The molecule has 0 saturated heterocycles. The standard InChI is InChI=1S/C5H14NSi/c1-6(2)7(3,4)5/h1H2,2-5H3. The Labute approximate surface area is 47.4 Å². The Bertz CT molecular complexity index is 53.6. The average molecular weight is 116 g/mol. The van der Waals surface area contributed by atoms with E-state index in [9.17, 15) is 0 Å². The summed E-state index contributed by atoms with van der Waals surface area (Å²) in [5, 5.41) is 0. The second-order valence-corrected chi connectivity index (χ2v) is 7.97. The van der Waals surface area contributed by atoms with Crippen molar-refractivity contribution in [2.45, 2.75) is 19.6 Å². The summed E-state index contributed by atoms with van der Waals surface area (Å²) in [7, 11) is 4.83. The highest BCUT2D eigenvalue weighted by molar-refractivity contribution is 6.73. The maximum absolute atomic E-state index is 3.80. The topological polar surface area (TPSA) is 3.24 Å². The van der Waals surface area contributed by atoms with Crippen LogP contribution >= 0.6 is 0 Å². The van der Waals surface area contributed by atoms with Gasteiger partial charge in [0, 0.05) is 7.05 Å². The van der Waals surface area contributed by atoms with Gasteiger partial charge in [-0.15, -0.1) is 0 Å². The van der Waals surface area contributed by atoms with E-state index in [0.717, 1.165) is 0 Å². The van der Waals surface area contributed by atoms with Gasteiger partial charge in [0.15, 0.2) is 0 Å². The first kappa shape index (κ1) is 7.18. The molecule has 0 aliphatic rings. The first-order chi connectivity index (χ1) is 2.94. The predicted octanol–water partition coefficient (Wildman–Crippen LogP) is 1.54. The van der Waals surface area contributed by atoms with E-state index in [0.29, 0.717) is 0 Å². The largest absolute Gasteiger partial charge is 0.325 e. The highest BCUT2D eigenvalue weighted by Gasteiger charge is 2.14. The Balaban J connectivity index is 3.54. The smallest absolute Gasteiger partial charge is 0.118 e. The fourth-order valence-corrected chi connectivity index (χ4v) is 0. The average Bonchev–Trinajstić information content (AvgIpc) is 1.31. The van der Waals surface area contributed by atoms with E-state index in [1.807, 2.05) is 7.05 Å². The monoisotopic (exact) mass is 116 g/mol. The van der Waals surface area contributed by atoms with Crippen LogP contribution in [0.2, 0.25) is 19.6 Å². The van der Waals surface area contributed by atoms with Crippen molar-refractivity contribution in [2.75, 3.05) is 7.05 Å². The number of nitrogens with zero attached hydrogens (tertiary/aromatic N) is 1. The van der Waals surface area contributed by atoms with E-state index in [1.54, 1.807) is 0 Å². The highest BCUT2D eigenvalue weighted by Crippen LogP contribution is 2.02. The molecule has 0 aromatic carbocycles. The Morgan fingerprint density at radius 3 is 1.43 bits per heavy atom. The van der Waals surface area contributed by atoms with Crippen molar-refractivity contribution in [3.63, 3.8) is 0 Å². The van der Waals surface area contributed by atoms with Crippen molar-refractivity contribution in [1.29, 1.82) is 0 Å². The molecule has 0 unspecified atom stereocenters. The zero-order valence-electron chi connectivity index (χ0n) is 5.65. The molecule has 43 valence electrons. The molecular weight excluding hydrogens is 102 g/mol. The molecule has 0 heterocycles. The van der Waals surface area contributed by atoms with Gasteiger partial charge in [-0.3, -0.25) is 0 Å². The van der Waals surface area contributed by atoms with Gasteiger partial charge in [-0.05, 0) is 7.05 Å². The summed E-state index contributed by atoms with van der Waals surface area (Å²) in [6.07, 6.45) is 0. The Kier molecular flexibility index (Phi) is 2.02. The molecule has 0 aromatic rings. The molecule has 2 heteroatoms. The molecule has 0 aliphatic carbocycles. The third kappa shape index (κ3) is 2.82. The number of rotatable bonds is 1. The summed E-state index contributed by atoms with van der Waals surface area (Å²) in [4.78, 5) is 0. The molecule has 0 saturated carbocycles. The SMILES string of the molecule is [CH2]N(C)[Si](C)(C)C.